The van der Waals surface area contributed by atoms with Gasteiger partial charge in [0.1, 0.15) is 10.6 Å². The van der Waals surface area contributed by atoms with Crippen molar-refractivity contribution in [2.75, 3.05) is 18.9 Å². The molecular weight excluding hydrogens is 308 g/mol. The highest BCUT2D eigenvalue weighted by Gasteiger charge is 2.19. The van der Waals surface area contributed by atoms with Crippen LogP contribution < -0.4 is 14.8 Å². The third-order valence-electron chi connectivity index (χ3n) is 2.98. The SMILES string of the molecule is CNCc1sccc1S(=O)(=O)Nc1ccc(OC)c(C)c1. The van der Waals surface area contributed by atoms with E-state index in [2.05, 4.69) is 10.0 Å². The molecule has 0 aliphatic rings. The Hall–Kier alpha value is -1.57. The number of hydrogen-bond donors (Lipinski definition) is 2. The van der Waals surface area contributed by atoms with Gasteiger partial charge >= 0.3 is 0 Å². The highest BCUT2D eigenvalue weighted by Crippen LogP contribution is 2.26. The quantitative estimate of drug-likeness (QED) is 0.856. The molecule has 5 nitrogen and oxygen atoms in total. The van der Waals surface area contributed by atoms with Gasteiger partial charge in [-0.15, -0.1) is 11.3 Å². The van der Waals surface area contributed by atoms with Gasteiger partial charge in [-0.3, -0.25) is 4.72 Å². The molecule has 1 aromatic heterocycles. The monoisotopic (exact) mass is 326 g/mol. The molecule has 0 amide bonds. The van der Waals surface area contributed by atoms with Crippen LogP contribution in [-0.2, 0) is 16.6 Å². The zero-order chi connectivity index (χ0) is 15.5. The molecule has 114 valence electrons. The van der Waals surface area contributed by atoms with Crippen LogP contribution in [0.15, 0.2) is 34.5 Å². The van der Waals surface area contributed by atoms with Crippen molar-refractivity contribution < 1.29 is 13.2 Å². The number of rotatable bonds is 6. The second-order valence-corrected chi connectivity index (χ2v) is 7.18. The van der Waals surface area contributed by atoms with Crippen LogP contribution in [0.3, 0.4) is 0 Å². The molecule has 0 unspecified atom stereocenters. The third-order valence-corrected chi connectivity index (χ3v) is 5.49. The highest BCUT2D eigenvalue weighted by atomic mass is 32.2. The second-order valence-electron chi connectivity index (χ2n) is 4.53. The largest absolute Gasteiger partial charge is 0.496 e. The minimum atomic E-state index is -3.58. The standard InChI is InChI=1S/C14H18N2O3S2/c1-10-8-11(4-5-12(10)19-3)16-21(17,18)14-6-7-20-13(14)9-15-2/h4-8,15-16H,9H2,1-3H3. The molecular formula is C14H18N2O3S2. The summed E-state index contributed by atoms with van der Waals surface area (Å²) in [6, 6.07) is 6.80. The number of hydrogen-bond acceptors (Lipinski definition) is 5. The number of benzene rings is 1. The molecule has 0 fully saturated rings. The van der Waals surface area contributed by atoms with Crippen LogP contribution in [0.4, 0.5) is 5.69 Å². The summed E-state index contributed by atoms with van der Waals surface area (Å²) < 4.78 is 32.7. The van der Waals surface area contributed by atoms with Gasteiger partial charge in [0.05, 0.1) is 7.11 Å². The average molecular weight is 326 g/mol. The van der Waals surface area contributed by atoms with Gasteiger partial charge in [-0.05, 0) is 49.2 Å². The Bertz CT molecular complexity index is 724. The van der Waals surface area contributed by atoms with Crippen molar-refractivity contribution >= 4 is 27.0 Å². The second kappa shape index (κ2) is 6.46. The maximum atomic E-state index is 12.5. The number of ether oxygens (including phenoxy) is 1. The van der Waals surface area contributed by atoms with Crippen LogP contribution in [0.1, 0.15) is 10.4 Å². The van der Waals surface area contributed by atoms with Crippen LogP contribution in [0.2, 0.25) is 0 Å². The Morgan fingerprint density at radius 2 is 2.05 bits per heavy atom. The first-order valence-corrected chi connectivity index (χ1v) is 8.72. The van der Waals surface area contributed by atoms with E-state index in [1.165, 1.54) is 11.3 Å². The molecule has 1 heterocycles. The van der Waals surface area contributed by atoms with Crippen LogP contribution in [0.5, 0.6) is 5.75 Å². The van der Waals surface area contributed by atoms with Gasteiger partial charge in [0.15, 0.2) is 0 Å². The van der Waals surface area contributed by atoms with Crippen LogP contribution in [0, 0.1) is 6.92 Å². The first kappa shape index (κ1) is 15.8. The van der Waals surface area contributed by atoms with Gasteiger partial charge in [0.2, 0.25) is 0 Å². The first-order valence-electron chi connectivity index (χ1n) is 6.36. The van der Waals surface area contributed by atoms with Gasteiger partial charge in [-0.2, -0.15) is 0 Å². The molecule has 0 atom stereocenters. The summed E-state index contributed by atoms with van der Waals surface area (Å²) in [4.78, 5) is 1.10. The average Bonchev–Trinajstić information content (AvgIpc) is 2.88. The fraction of sp³-hybridized carbons (Fsp3) is 0.286. The lowest BCUT2D eigenvalue weighted by Gasteiger charge is -2.11. The fourth-order valence-corrected chi connectivity index (χ4v) is 4.52. The lowest BCUT2D eigenvalue weighted by molar-refractivity contribution is 0.412. The molecule has 21 heavy (non-hydrogen) atoms. The van der Waals surface area contributed by atoms with Crippen molar-refractivity contribution in [1.82, 2.24) is 5.32 Å². The number of sulfonamides is 1. The predicted molar refractivity (Wildman–Crippen MR) is 85.6 cm³/mol. The van der Waals surface area contributed by atoms with E-state index in [1.807, 2.05) is 6.92 Å². The molecule has 0 saturated heterocycles. The van der Waals surface area contributed by atoms with E-state index in [4.69, 9.17) is 4.74 Å². The molecule has 0 radical (unpaired) electrons. The van der Waals surface area contributed by atoms with Crippen LogP contribution in [0.25, 0.3) is 0 Å². The van der Waals surface area contributed by atoms with E-state index in [9.17, 15) is 8.42 Å². The van der Waals surface area contributed by atoms with Crippen LogP contribution in [-0.4, -0.2) is 22.6 Å². The van der Waals surface area contributed by atoms with Crippen molar-refractivity contribution in [2.45, 2.75) is 18.4 Å². The molecule has 0 bridgehead atoms. The summed E-state index contributed by atoms with van der Waals surface area (Å²) in [6.45, 7) is 2.39. The maximum Gasteiger partial charge on any atom is 0.263 e. The molecule has 0 spiro atoms. The summed E-state index contributed by atoms with van der Waals surface area (Å²) in [6.07, 6.45) is 0. The lowest BCUT2D eigenvalue weighted by atomic mass is 10.2. The van der Waals surface area contributed by atoms with Gasteiger partial charge < -0.3 is 10.1 Å². The van der Waals surface area contributed by atoms with Gasteiger partial charge in [0.25, 0.3) is 10.0 Å². The smallest absolute Gasteiger partial charge is 0.263 e. The summed E-state index contributed by atoms with van der Waals surface area (Å²) in [7, 11) is -0.207. The third kappa shape index (κ3) is 3.55. The fourth-order valence-electron chi connectivity index (χ4n) is 2.01. The van der Waals surface area contributed by atoms with Crippen molar-refractivity contribution in [3.05, 3.63) is 40.1 Å². The van der Waals surface area contributed by atoms with E-state index in [0.717, 1.165) is 16.2 Å². The summed E-state index contributed by atoms with van der Waals surface area (Å²) >= 11 is 1.42. The van der Waals surface area contributed by atoms with Gasteiger partial charge in [0, 0.05) is 17.1 Å². The number of anilines is 1. The Kier molecular flexibility index (Phi) is 4.87. The molecule has 0 saturated carbocycles. The van der Waals surface area contributed by atoms with Crippen molar-refractivity contribution in [2.24, 2.45) is 0 Å². The normalized spacial score (nSPS) is 11.4. The number of thiophene rings is 1. The summed E-state index contributed by atoms with van der Waals surface area (Å²) in [5.74, 6) is 0.726. The van der Waals surface area contributed by atoms with E-state index < -0.39 is 10.0 Å². The maximum absolute atomic E-state index is 12.5. The van der Waals surface area contributed by atoms with E-state index in [1.54, 1.807) is 43.8 Å². The molecule has 0 aliphatic carbocycles. The topological polar surface area (TPSA) is 67.4 Å². The number of aryl methyl sites for hydroxylation is 1. The first-order chi connectivity index (χ1) is 9.97. The zero-order valence-corrected chi connectivity index (χ0v) is 13.8. The molecule has 2 N–H and O–H groups in total. The Labute approximate surface area is 129 Å². The zero-order valence-electron chi connectivity index (χ0n) is 12.1. The van der Waals surface area contributed by atoms with Crippen molar-refractivity contribution in [3.63, 3.8) is 0 Å². The summed E-state index contributed by atoms with van der Waals surface area (Å²) in [5, 5.41) is 4.75. The van der Waals surface area contributed by atoms with E-state index in [-0.39, 0.29) is 0 Å². The highest BCUT2D eigenvalue weighted by molar-refractivity contribution is 7.93. The summed E-state index contributed by atoms with van der Waals surface area (Å²) in [5.41, 5.74) is 1.40. The van der Waals surface area contributed by atoms with E-state index in [0.29, 0.717) is 17.1 Å². The lowest BCUT2D eigenvalue weighted by Crippen LogP contribution is -2.15. The minimum Gasteiger partial charge on any atom is -0.496 e. The molecule has 7 heteroatoms. The molecule has 1 aromatic carbocycles. The number of methoxy groups -OCH3 is 1. The molecule has 2 rings (SSSR count). The van der Waals surface area contributed by atoms with Crippen molar-refractivity contribution in [1.29, 1.82) is 0 Å². The van der Waals surface area contributed by atoms with Crippen LogP contribution >= 0.6 is 11.3 Å². The Balaban J connectivity index is 2.29. The Morgan fingerprint density at radius 1 is 1.29 bits per heavy atom. The Morgan fingerprint density at radius 3 is 2.67 bits per heavy atom. The number of nitrogens with one attached hydrogen (secondary N) is 2. The van der Waals surface area contributed by atoms with Crippen molar-refractivity contribution in [3.8, 4) is 5.75 Å². The molecule has 2 aromatic rings. The van der Waals surface area contributed by atoms with Gasteiger partial charge in [-0.25, -0.2) is 8.42 Å². The molecule has 0 aliphatic heterocycles. The van der Waals surface area contributed by atoms with E-state index >= 15 is 0 Å². The minimum absolute atomic E-state index is 0.315. The van der Waals surface area contributed by atoms with Gasteiger partial charge in [-0.1, -0.05) is 0 Å². The predicted octanol–water partition coefficient (Wildman–Crippen LogP) is 2.59.